The van der Waals surface area contributed by atoms with Crippen LogP contribution in [0.2, 0.25) is 10.0 Å². The molecule has 0 fully saturated rings. The lowest BCUT2D eigenvalue weighted by atomic mass is 10.1. The highest BCUT2D eigenvalue weighted by Crippen LogP contribution is 2.38. The maximum Gasteiger partial charge on any atom is 0.425 e. The average molecular weight is 1220 g/mol. The van der Waals surface area contributed by atoms with Gasteiger partial charge in [0.05, 0.1) is 59.0 Å². The van der Waals surface area contributed by atoms with Gasteiger partial charge in [-0.1, -0.05) is 54.4 Å². The molecule has 0 saturated carbocycles. The number of azo groups is 2. The zero-order chi connectivity index (χ0) is 57.8. The number of hydrogen-bond donors (Lipinski definition) is 5. The summed E-state index contributed by atoms with van der Waals surface area (Å²) in [6.45, 7) is 2.06. The second-order valence-electron chi connectivity index (χ2n) is 15.4. The third-order valence-electron chi connectivity index (χ3n) is 9.71. The molecule has 78 heavy (non-hydrogen) atoms. The fourth-order valence-electron chi connectivity index (χ4n) is 6.33. The molecule has 418 valence electrons. The predicted octanol–water partition coefficient (Wildman–Crippen LogP) is 7.23. The Morgan fingerprint density at radius 2 is 1.09 bits per heavy atom. The summed E-state index contributed by atoms with van der Waals surface area (Å²) in [5.74, 6) is 0.332. The van der Waals surface area contributed by atoms with Gasteiger partial charge >= 0.3 is 21.2 Å². The third-order valence-corrected chi connectivity index (χ3v) is 12.9. The number of benzene rings is 5. The lowest BCUT2D eigenvalue weighted by Crippen LogP contribution is -2.12. The first-order valence-electron chi connectivity index (χ1n) is 21.8. The van der Waals surface area contributed by atoms with Crippen LogP contribution in [-0.2, 0) is 77.6 Å². The number of aliphatic hydroxyl groups is 1. The van der Waals surface area contributed by atoms with Crippen molar-refractivity contribution in [3.05, 3.63) is 135 Å². The molecule has 6 rings (SSSR count). The van der Waals surface area contributed by atoms with E-state index < -0.39 is 62.2 Å². The molecule has 1 heterocycles. The van der Waals surface area contributed by atoms with Crippen LogP contribution in [0.15, 0.2) is 121 Å². The van der Waals surface area contributed by atoms with Crippen LogP contribution >= 0.6 is 23.2 Å². The second-order valence-corrected chi connectivity index (χ2v) is 21.4. The molecule has 0 aliphatic carbocycles. The van der Waals surface area contributed by atoms with E-state index in [0.717, 1.165) is 6.07 Å². The fraction of sp³-hybridized carbons (Fsp3) is 0.250. The molecule has 0 amide bonds. The topological polar surface area (TPSA) is 414 Å². The summed E-state index contributed by atoms with van der Waals surface area (Å²) in [7, 11) is -18.5. The summed E-state index contributed by atoms with van der Waals surface area (Å²) < 4.78 is 167. The summed E-state index contributed by atoms with van der Waals surface area (Å²) in [5, 5.41) is 29.7. The van der Waals surface area contributed by atoms with E-state index in [1.807, 2.05) is 6.92 Å². The van der Waals surface area contributed by atoms with Gasteiger partial charge in [0, 0.05) is 42.6 Å². The minimum absolute atomic E-state index is 0.00465. The Labute approximate surface area is 458 Å². The lowest BCUT2D eigenvalue weighted by Gasteiger charge is -2.15. The van der Waals surface area contributed by atoms with Crippen LogP contribution < -0.4 is 19.5 Å². The highest BCUT2D eigenvalue weighted by atomic mass is 35.5. The van der Waals surface area contributed by atoms with Gasteiger partial charge in [-0.3, -0.25) is 13.7 Å². The number of aliphatic hydroxyl groups excluding tert-OH is 1. The van der Waals surface area contributed by atoms with Crippen molar-refractivity contribution < 1.29 is 83.5 Å². The smallest absolute Gasteiger partial charge is 0.425 e. The molecular weight excluding hydrogens is 1180 g/mol. The van der Waals surface area contributed by atoms with E-state index in [4.69, 9.17) is 67.6 Å². The Morgan fingerprint density at radius 3 is 1.55 bits per heavy atom. The van der Waals surface area contributed by atoms with Crippen LogP contribution in [0.3, 0.4) is 0 Å². The lowest BCUT2D eigenvalue weighted by molar-refractivity contribution is 0.282. The van der Waals surface area contributed by atoms with Gasteiger partial charge in [-0.05, 0) is 78.6 Å². The molecule has 0 saturated heterocycles. The van der Waals surface area contributed by atoms with Crippen LogP contribution in [0, 0.1) is 0 Å². The summed E-state index contributed by atoms with van der Waals surface area (Å²) in [4.78, 5) is 13.3. The minimum atomic E-state index is -4.70. The zero-order valence-electron chi connectivity index (χ0n) is 40.4. The number of nitrogens with one attached hydrogen (secondary N) is 1. The Bertz CT molecular complexity index is 3700. The van der Waals surface area contributed by atoms with Gasteiger partial charge in [0.1, 0.15) is 45.2 Å². The summed E-state index contributed by atoms with van der Waals surface area (Å²) in [6, 6.07) is 22.2. The van der Waals surface area contributed by atoms with E-state index in [-0.39, 0.29) is 94.4 Å². The normalized spacial score (nSPS) is 11.5. The number of rotatable bonds is 23. The SMILES string of the molecule is CCCOc1cc(N=Nc2ccc(CO)cc2)c(Cl)cc1Cc1nc(Cc2cc(Cl)c(N=Nc3ccc(OC)c(S(=O)(=O)O)c3)cc2OCCCS(=O)(=O)O)nc(NCc2ccc(S(=O)(=O)O)cc2)n1.O=S(=O)=O.O=S(=O)=O. The number of methoxy groups -OCH3 is 1. The predicted molar refractivity (Wildman–Crippen MR) is 277 cm³/mol. The fourth-order valence-corrected chi connectivity index (χ4v) is 8.41. The molecule has 0 aliphatic rings. The van der Waals surface area contributed by atoms with Crippen molar-refractivity contribution >= 4 is 103 Å². The third kappa shape index (κ3) is 21.8. The van der Waals surface area contributed by atoms with Crippen molar-refractivity contribution in [2.24, 2.45) is 20.5 Å². The van der Waals surface area contributed by atoms with Gasteiger partial charge in [-0.2, -0.15) is 45.4 Å². The van der Waals surface area contributed by atoms with Crippen molar-refractivity contribution in [1.82, 2.24) is 15.0 Å². The number of nitrogens with zero attached hydrogens (tertiary/aromatic N) is 7. The highest BCUT2D eigenvalue weighted by Gasteiger charge is 2.20. The van der Waals surface area contributed by atoms with Crippen LogP contribution in [-0.4, -0.2) is 110 Å². The van der Waals surface area contributed by atoms with Crippen molar-refractivity contribution in [1.29, 1.82) is 0 Å². The molecule has 5 N–H and O–H groups in total. The van der Waals surface area contributed by atoms with E-state index >= 15 is 0 Å². The summed E-state index contributed by atoms with van der Waals surface area (Å²) in [5.41, 5.74) is 3.16. The van der Waals surface area contributed by atoms with Crippen LogP contribution in [0.5, 0.6) is 17.2 Å². The van der Waals surface area contributed by atoms with E-state index in [1.165, 1.54) is 55.6 Å². The standard InChI is InChI=1S/C44H44Cl2N8O13S3.2O3S/c1-3-15-66-39-23-36(53-51-31-9-5-28(26-55)6-10-31)34(45)18-29(39)20-42-48-43(50-44(49-42)47-25-27-7-12-33(13-8-27)69(59,60)61)21-30-19-35(46)37(24-40(30)67-16-4-17-68(56,57)58)54-52-32-11-14-38(65-2)41(22-32)70(62,63)64;2*1-4(2)3/h5-14,18-19,22-24,55H,3-4,15-17,20-21,25-26H2,1-2H3,(H,56,57,58)(H,59,60,61)(H,62,63,64)(H,47,48,49,50);;. The van der Waals surface area contributed by atoms with Crippen molar-refractivity contribution in [3.63, 3.8) is 0 Å². The average Bonchev–Trinajstić information content (AvgIpc) is 3.36. The van der Waals surface area contributed by atoms with Crippen molar-refractivity contribution in [2.45, 2.75) is 55.5 Å². The van der Waals surface area contributed by atoms with Gasteiger partial charge < -0.3 is 24.6 Å². The van der Waals surface area contributed by atoms with E-state index in [1.54, 1.807) is 36.4 Å². The monoisotopic (exact) mass is 1220 g/mol. The molecular formula is C44H44Cl2N8O19S5. The number of anilines is 1. The molecule has 0 radical (unpaired) electrons. The number of ether oxygens (including phenoxy) is 3. The van der Waals surface area contributed by atoms with Crippen LogP contribution in [0.25, 0.3) is 0 Å². The summed E-state index contributed by atoms with van der Waals surface area (Å²) in [6.07, 6.45) is 0.535. The largest absolute Gasteiger partial charge is 0.495 e. The Hall–Kier alpha value is -6.98. The molecule has 34 heteroatoms. The number of aromatic nitrogens is 3. The Morgan fingerprint density at radius 1 is 0.603 bits per heavy atom. The maximum atomic E-state index is 12.0. The molecule has 0 unspecified atom stereocenters. The molecule has 0 atom stereocenters. The molecule has 0 spiro atoms. The number of hydrogen-bond acceptors (Lipinski definition) is 24. The van der Waals surface area contributed by atoms with Crippen molar-refractivity contribution in [3.8, 4) is 17.2 Å². The summed E-state index contributed by atoms with van der Waals surface area (Å²) >= 11 is 13.5. The highest BCUT2D eigenvalue weighted by molar-refractivity contribution is 7.86. The van der Waals surface area contributed by atoms with E-state index in [2.05, 4.69) is 35.7 Å². The molecule has 5 aromatic carbocycles. The molecule has 0 bridgehead atoms. The Balaban J connectivity index is 0.00000153. The molecule has 27 nitrogen and oxygen atoms in total. The number of halogens is 2. The quantitative estimate of drug-likeness (QED) is 0.0240. The Kier molecular flexibility index (Phi) is 24.2. The van der Waals surface area contributed by atoms with E-state index in [0.29, 0.717) is 52.4 Å². The van der Waals surface area contributed by atoms with Gasteiger partial charge in [-0.25, -0.2) is 4.98 Å². The van der Waals surface area contributed by atoms with Gasteiger partial charge in [0.25, 0.3) is 30.4 Å². The maximum absolute atomic E-state index is 12.0. The van der Waals surface area contributed by atoms with Crippen molar-refractivity contribution in [2.75, 3.05) is 31.4 Å². The van der Waals surface area contributed by atoms with Gasteiger partial charge in [-0.15, -0.1) is 35.5 Å². The minimum Gasteiger partial charge on any atom is -0.495 e. The molecule has 6 aromatic rings. The van der Waals surface area contributed by atoms with Gasteiger partial charge in [0.2, 0.25) is 5.95 Å². The first-order valence-corrected chi connectivity index (χ1v) is 29.0. The van der Waals surface area contributed by atoms with Gasteiger partial charge in [0.15, 0.2) is 0 Å². The first kappa shape index (κ1) is 63.6. The second kappa shape index (κ2) is 29.7. The zero-order valence-corrected chi connectivity index (χ0v) is 46.0. The van der Waals surface area contributed by atoms with Crippen LogP contribution in [0.4, 0.5) is 28.7 Å². The van der Waals surface area contributed by atoms with Crippen LogP contribution in [0.1, 0.15) is 53.7 Å². The molecule has 1 aromatic heterocycles. The first-order chi connectivity index (χ1) is 36.7. The van der Waals surface area contributed by atoms with E-state index in [9.17, 15) is 44.0 Å². The molecule has 0 aliphatic heterocycles.